The van der Waals surface area contributed by atoms with Crippen molar-refractivity contribution in [1.29, 1.82) is 0 Å². The van der Waals surface area contributed by atoms with Crippen LogP contribution >= 0.6 is 0 Å². The van der Waals surface area contributed by atoms with Crippen molar-refractivity contribution in [2.75, 3.05) is 26.3 Å². The van der Waals surface area contributed by atoms with E-state index in [2.05, 4.69) is 10.6 Å². The van der Waals surface area contributed by atoms with E-state index in [1.54, 1.807) is 4.90 Å². The molecule has 1 heterocycles. The van der Waals surface area contributed by atoms with Crippen LogP contribution in [-0.2, 0) is 14.3 Å². The Bertz CT molecular complexity index is 394. The van der Waals surface area contributed by atoms with E-state index in [1.807, 2.05) is 0 Å². The second-order valence-corrected chi connectivity index (χ2v) is 4.83. The number of carbonyl (C=O) groups is 3. The van der Waals surface area contributed by atoms with Crippen molar-refractivity contribution < 1.29 is 29.3 Å². The minimum absolute atomic E-state index is 0.266. The van der Waals surface area contributed by atoms with Crippen LogP contribution < -0.4 is 10.6 Å². The molecule has 0 aliphatic carbocycles. The fourth-order valence-electron chi connectivity index (χ4n) is 1.89. The predicted octanol–water partition coefficient (Wildman–Crippen LogP) is -1.63. The highest BCUT2D eigenvalue weighted by molar-refractivity contribution is 5.88. The van der Waals surface area contributed by atoms with E-state index in [0.717, 1.165) is 0 Å². The number of carboxylic acids is 1. The number of carbonyl (C=O) groups excluding carboxylic acids is 2. The van der Waals surface area contributed by atoms with Gasteiger partial charge in [0, 0.05) is 13.1 Å². The number of aliphatic hydroxyl groups excluding tert-OH is 1. The molecule has 9 nitrogen and oxygen atoms in total. The maximum absolute atomic E-state index is 12.0. The summed E-state index contributed by atoms with van der Waals surface area (Å²) in [7, 11) is 0. The first kappa shape index (κ1) is 17.2. The van der Waals surface area contributed by atoms with Crippen molar-refractivity contribution in [1.82, 2.24) is 15.5 Å². The summed E-state index contributed by atoms with van der Waals surface area (Å²) in [6.45, 7) is 4.58. The minimum atomic E-state index is -1.43. The van der Waals surface area contributed by atoms with E-state index >= 15 is 0 Å². The van der Waals surface area contributed by atoms with Crippen LogP contribution in [0, 0.1) is 0 Å². The van der Waals surface area contributed by atoms with Crippen LogP contribution in [0.15, 0.2) is 0 Å². The lowest BCUT2D eigenvalue weighted by Crippen LogP contribution is -2.56. The Kier molecular flexibility index (Phi) is 6.38. The second kappa shape index (κ2) is 7.79. The number of hydrogen-bond acceptors (Lipinski definition) is 5. The van der Waals surface area contributed by atoms with Gasteiger partial charge in [0.05, 0.1) is 19.3 Å². The zero-order valence-corrected chi connectivity index (χ0v) is 12.0. The third-order valence-corrected chi connectivity index (χ3v) is 3.08. The number of aliphatic hydroxyl groups is 1. The lowest BCUT2D eigenvalue weighted by Gasteiger charge is -2.29. The first-order valence-electron chi connectivity index (χ1n) is 6.67. The Morgan fingerprint density at radius 1 is 1.14 bits per heavy atom. The van der Waals surface area contributed by atoms with E-state index in [9.17, 15) is 19.5 Å². The number of aliphatic carboxylic acids is 1. The molecule has 3 amide bonds. The number of urea groups is 1. The van der Waals surface area contributed by atoms with Crippen molar-refractivity contribution in [3.05, 3.63) is 0 Å². The summed E-state index contributed by atoms with van der Waals surface area (Å²) in [5.41, 5.74) is 0. The summed E-state index contributed by atoms with van der Waals surface area (Å²) in [5, 5.41) is 22.6. The van der Waals surface area contributed by atoms with Crippen molar-refractivity contribution >= 4 is 17.9 Å². The topological polar surface area (TPSA) is 128 Å². The molecule has 21 heavy (non-hydrogen) atoms. The van der Waals surface area contributed by atoms with E-state index in [0.29, 0.717) is 26.3 Å². The molecule has 1 aliphatic rings. The number of rotatable bonds is 5. The highest BCUT2D eigenvalue weighted by Crippen LogP contribution is 2.01. The van der Waals surface area contributed by atoms with Gasteiger partial charge in [-0.3, -0.25) is 4.79 Å². The summed E-state index contributed by atoms with van der Waals surface area (Å²) in [6.07, 6.45) is -1.25. The van der Waals surface area contributed by atoms with Crippen LogP contribution in [0.5, 0.6) is 0 Å². The van der Waals surface area contributed by atoms with Gasteiger partial charge in [0.2, 0.25) is 5.91 Å². The molecule has 0 saturated carbocycles. The van der Waals surface area contributed by atoms with Crippen LogP contribution in [0.3, 0.4) is 0 Å². The van der Waals surface area contributed by atoms with Gasteiger partial charge < -0.3 is 30.5 Å². The van der Waals surface area contributed by atoms with Gasteiger partial charge in [0.25, 0.3) is 0 Å². The summed E-state index contributed by atoms with van der Waals surface area (Å²) in [5.74, 6) is -1.62. The average molecular weight is 303 g/mol. The Labute approximate surface area is 122 Å². The van der Waals surface area contributed by atoms with E-state index in [4.69, 9.17) is 9.84 Å². The van der Waals surface area contributed by atoms with Gasteiger partial charge in [-0.25, -0.2) is 9.59 Å². The Balaban J connectivity index is 2.49. The normalized spacial score (nSPS) is 19.3. The molecule has 4 N–H and O–H groups in total. The number of ether oxygens (including phenoxy) is 1. The fourth-order valence-corrected chi connectivity index (χ4v) is 1.89. The maximum Gasteiger partial charge on any atom is 0.328 e. The number of nitrogens with one attached hydrogen (secondary N) is 2. The highest BCUT2D eigenvalue weighted by Gasteiger charge is 2.28. The van der Waals surface area contributed by atoms with Crippen LogP contribution in [0.4, 0.5) is 4.79 Å². The van der Waals surface area contributed by atoms with Crippen molar-refractivity contribution in [2.24, 2.45) is 0 Å². The molecule has 120 valence electrons. The molecule has 1 unspecified atom stereocenters. The van der Waals surface area contributed by atoms with Crippen molar-refractivity contribution in [2.45, 2.75) is 32.0 Å². The van der Waals surface area contributed by atoms with Gasteiger partial charge in [-0.15, -0.1) is 0 Å². The number of morpholine rings is 1. The molecule has 9 heteroatoms. The minimum Gasteiger partial charge on any atom is -0.480 e. The number of hydrogen-bond donors (Lipinski definition) is 4. The fraction of sp³-hybridized carbons (Fsp3) is 0.750. The standard InChI is InChI=1S/C12H21N3O6/c1-7(10(17)15-3-5-21-6-4-15)13-12(20)14-9(8(2)16)11(18)19/h7-9,16H,3-6H2,1-2H3,(H,18,19)(H2,13,14,20)/t7?,8-,9+/m1/s1. The van der Waals surface area contributed by atoms with E-state index in [-0.39, 0.29) is 5.91 Å². The van der Waals surface area contributed by atoms with Gasteiger partial charge in [-0.1, -0.05) is 0 Å². The maximum atomic E-state index is 12.0. The van der Waals surface area contributed by atoms with E-state index in [1.165, 1.54) is 13.8 Å². The van der Waals surface area contributed by atoms with Crippen LogP contribution in [0.2, 0.25) is 0 Å². The molecule has 0 aromatic carbocycles. The number of nitrogens with zero attached hydrogens (tertiary/aromatic N) is 1. The molecule has 0 bridgehead atoms. The summed E-state index contributed by atoms with van der Waals surface area (Å²) < 4.78 is 5.13. The SMILES string of the molecule is CC(NC(=O)N[C@H](C(=O)O)[C@@H](C)O)C(=O)N1CCOCC1. The zero-order chi connectivity index (χ0) is 16.0. The third-order valence-electron chi connectivity index (χ3n) is 3.08. The smallest absolute Gasteiger partial charge is 0.328 e. The molecular weight excluding hydrogens is 282 g/mol. The molecule has 3 atom stereocenters. The van der Waals surface area contributed by atoms with Crippen LogP contribution in [-0.4, -0.2) is 77.5 Å². The van der Waals surface area contributed by atoms with Crippen molar-refractivity contribution in [3.63, 3.8) is 0 Å². The average Bonchev–Trinajstić information content (AvgIpc) is 2.44. The first-order valence-corrected chi connectivity index (χ1v) is 6.67. The van der Waals surface area contributed by atoms with Gasteiger partial charge in [0.15, 0.2) is 6.04 Å². The molecule has 0 aromatic heterocycles. The highest BCUT2D eigenvalue weighted by atomic mass is 16.5. The summed E-state index contributed by atoms with van der Waals surface area (Å²) >= 11 is 0. The molecule has 1 aliphatic heterocycles. The third kappa shape index (κ3) is 5.20. The Hall–Kier alpha value is -1.87. The summed E-state index contributed by atoms with van der Waals surface area (Å²) in [4.78, 5) is 36.1. The molecular formula is C12H21N3O6. The molecule has 1 fully saturated rings. The second-order valence-electron chi connectivity index (χ2n) is 4.83. The molecule has 0 aromatic rings. The largest absolute Gasteiger partial charge is 0.480 e. The molecule has 1 rings (SSSR count). The Morgan fingerprint density at radius 3 is 2.19 bits per heavy atom. The van der Waals surface area contributed by atoms with E-state index < -0.39 is 30.2 Å². The molecule has 0 spiro atoms. The van der Waals surface area contributed by atoms with Crippen LogP contribution in [0.25, 0.3) is 0 Å². The number of carboxylic acid groups (broad SMARTS) is 1. The first-order chi connectivity index (χ1) is 9.82. The van der Waals surface area contributed by atoms with Crippen molar-refractivity contribution in [3.8, 4) is 0 Å². The zero-order valence-electron chi connectivity index (χ0n) is 12.0. The van der Waals surface area contributed by atoms with Gasteiger partial charge in [-0.2, -0.15) is 0 Å². The summed E-state index contributed by atoms with van der Waals surface area (Å²) in [6, 6.07) is -3.06. The van der Waals surface area contributed by atoms with Gasteiger partial charge >= 0.3 is 12.0 Å². The predicted molar refractivity (Wildman–Crippen MR) is 71.6 cm³/mol. The number of amides is 3. The quantitative estimate of drug-likeness (QED) is 0.482. The van der Waals surface area contributed by atoms with Gasteiger partial charge in [-0.05, 0) is 13.8 Å². The molecule has 1 saturated heterocycles. The lowest BCUT2D eigenvalue weighted by atomic mass is 10.2. The molecule has 0 radical (unpaired) electrons. The Morgan fingerprint density at radius 2 is 1.71 bits per heavy atom. The van der Waals surface area contributed by atoms with Gasteiger partial charge in [0.1, 0.15) is 6.04 Å². The van der Waals surface area contributed by atoms with Crippen LogP contribution in [0.1, 0.15) is 13.8 Å². The lowest BCUT2D eigenvalue weighted by molar-refractivity contribution is -0.141. The monoisotopic (exact) mass is 303 g/mol.